The standard InChI is InChI=1S/C5H5.C2H5O.CH3.2ClH.O.H2Si.Zr/c1-2-4-5-3-1;1-2-3;;;;;;/h1-3H,4H2;3H,1-2H2;1H3;2*1H;;1H2;. The topological polar surface area (TPSA) is 37.3 Å². The van der Waals surface area contributed by atoms with Crippen molar-refractivity contribution in [2.75, 3.05) is 6.61 Å². The van der Waals surface area contributed by atoms with E-state index in [0.29, 0.717) is 4.13 Å². The summed E-state index contributed by atoms with van der Waals surface area (Å²) in [6.45, 7) is 1.68. The normalized spacial score (nSPS) is 15.5. The molecular weight excluding hydrogens is 318 g/mol. The van der Waals surface area contributed by atoms with E-state index in [1.807, 2.05) is 22.9 Å². The summed E-state index contributed by atoms with van der Waals surface area (Å²) in [5.41, 5.74) is 0. The van der Waals surface area contributed by atoms with Crippen molar-refractivity contribution >= 4 is 31.7 Å². The van der Waals surface area contributed by atoms with Gasteiger partial charge in [0.15, 0.2) is 0 Å². The molecule has 0 aromatic carbocycles. The zero-order valence-electron chi connectivity index (χ0n) is 8.23. The Kier molecular flexibility index (Phi) is 7.24. The fourth-order valence-corrected chi connectivity index (χ4v) is 9.24. The Hall–Kier alpha value is 0.920. The molecule has 1 rings (SSSR count). The van der Waals surface area contributed by atoms with Gasteiger partial charge in [0.25, 0.3) is 0 Å². The maximum atomic E-state index is 12.4. The van der Waals surface area contributed by atoms with Gasteiger partial charge in [0.2, 0.25) is 0 Å². The zero-order chi connectivity index (χ0) is 9.27. The van der Waals surface area contributed by atoms with Crippen LogP contribution in [-0.2, 0) is 20.2 Å². The molecule has 83 valence electrons. The Morgan fingerprint density at radius 3 is 2.50 bits per heavy atom. The van der Waals surface area contributed by atoms with E-state index in [2.05, 4.69) is 0 Å². The van der Waals surface area contributed by atoms with E-state index in [1.165, 1.54) is 0 Å². The molecule has 0 fully saturated rings. The number of aliphatic hydroxyl groups is 1. The van der Waals surface area contributed by atoms with Gasteiger partial charge in [-0.3, -0.25) is 0 Å². The second-order valence-electron chi connectivity index (χ2n) is 3.95. The van der Waals surface area contributed by atoms with Crippen molar-refractivity contribution < 1.29 is 25.3 Å². The predicted molar refractivity (Wildman–Crippen MR) is 63.3 cm³/mol. The molecule has 1 aliphatic rings. The first-order chi connectivity index (χ1) is 5.44. The minimum atomic E-state index is -3.79. The van der Waals surface area contributed by atoms with Crippen LogP contribution in [0.4, 0.5) is 0 Å². The van der Waals surface area contributed by atoms with Crippen molar-refractivity contribution in [2.45, 2.75) is 15.2 Å². The molecule has 0 saturated heterocycles. The summed E-state index contributed by atoms with van der Waals surface area (Å²) >= 11 is -3.79. The molecule has 0 saturated carbocycles. The van der Waals surface area contributed by atoms with E-state index < -0.39 is 17.4 Å². The SMILES string of the molecule is Cl.Cl.[CH3][Zr](=[O])(=[SiH2])([CH2]CO)[C]1=CC=CC1. The second kappa shape index (κ2) is 5.86. The molecule has 0 heterocycles. The van der Waals surface area contributed by atoms with Crippen molar-refractivity contribution in [1.82, 2.24) is 0 Å². The molecule has 0 unspecified atom stereocenters. The van der Waals surface area contributed by atoms with Gasteiger partial charge in [0.1, 0.15) is 0 Å². The molecule has 0 aromatic rings. The molecule has 0 spiro atoms. The van der Waals surface area contributed by atoms with E-state index in [-0.39, 0.29) is 31.4 Å². The Morgan fingerprint density at radius 1 is 1.57 bits per heavy atom. The molecule has 1 aliphatic carbocycles. The van der Waals surface area contributed by atoms with Crippen LogP contribution in [0.5, 0.6) is 0 Å². The quantitative estimate of drug-likeness (QED) is 0.798. The van der Waals surface area contributed by atoms with Crippen molar-refractivity contribution in [3.63, 3.8) is 0 Å². The molecule has 1 N–H and O–H groups in total. The number of hydrogen-bond acceptors (Lipinski definition) is 2. The van der Waals surface area contributed by atoms with Crippen molar-refractivity contribution in [2.24, 2.45) is 0 Å². The molecule has 2 nitrogen and oxygen atoms in total. The van der Waals surface area contributed by atoms with E-state index in [1.54, 1.807) is 6.88 Å². The van der Waals surface area contributed by atoms with Crippen molar-refractivity contribution in [3.05, 3.63) is 21.5 Å². The molecule has 14 heavy (non-hydrogen) atoms. The van der Waals surface area contributed by atoms with Crippen LogP contribution in [0.2, 0.25) is 8.76 Å². The van der Waals surface area contributed by atoms with Gasteiger partial charge in [0.05, 0.1) is 0 Å². The van der Waals surface area contributed by atoms with Gasteiger partial charge in [-0.1, -0.05) is 0 Å². The van der Waals surface area contributed by atoms with Gasteiger partial charge < -0.3 is 0 Å². The third kappa shape index (κ3) is 4.19. The summed E-state index contributed by atoms with van der Waals surface area (Å²) in [4.78, 5) is 0. The number of allylic oxidation sites excluding steroid dienone is 4. The average Bonchev–Trinajstić information content (AvgIpc) is 2.35. The van der Waals surface area contributed by atoms with Gasteiger partial charge in [-0.2, -0.15) is 0 Å². The second-order valence-corrected chi connectivity index (χ2v) is 28.3. The van der Waals surface area contributed by atoms with Crippen LogP contribution in [-0.4, -0.2) is 18.6 Å². The molecular formula is C8H17Cl2O2SiZr. The number of rotatable bonds is 3. The summed E-state index contributed by atoms with van der Waals surface area (Å²) in [5.74, 6) is 0. The van der Waals surface area contributed by atoms with E-state index in [0.717, 1.165) is 9.70 Å². The molecule has 0 amide bonds. The summed E-state index contributed by atoms with van der Waals surface area (Å²) in [7, 11) is 0. The Morgan fingerprint density at radius 2 is 2.14 bits per heavy atom. The van der Waals surface area contributed by atoms with Crippen molar-refractivity contribution in [1.29, 1.82) is 0 Å². The van der Waals surface area contributed by atoms with Gasteiger partial charge >= 0.3 is 75.5 Å². The summed E-state index contributed by atoms with van der Waals surface area (Å²) in [6.07, 6.45) is 6.76. The monoisotopic (exact) mass is 333 g/mol. The van der Waals surface area contributed by atoms with Crippen LogP contribution >= 0.6 is 24.8 Å². The van der Waals surface area contributed by atoms with Crippen LogP contribution in [0, 0.1) is 0 Å². The van der Waals surface area contributed by atoms with E-state index >= 15 is 0 Å². The fraction of sp³-hybridized carbons (Fsp3) is 0.500. The number of halogens is 2. The first-order valence-corrected chi connectivity index (χ1v) is 16.5. The van der Waals surface area contributed by atoms with Gasteiger partial charge in [-0.15, -0.1) is 24.8 Å². The molecule has 0 atom stereocenters. The predicted octanol–water partition coefficient (Wildman–Crippen LogP) is 1.72. The van der Waals surface area contributed by atoms with E-state index in [4.69, 9.17) is 5.11 Å². The van der Waals surface area contributed by atoms with Crippen LogP contribution in [0.15, 0.2) is 21.5 Å². The van der Waals surface area contributed by atoms with Gasteiger partial charge in [0, 0.05) is 0 Å². The van der Waals surface area contributed by atoms with Crippen LogP contribution in [0.1, 0.15) is 6.42 Å². The van der Waals surface area contributed by atoms with Crippen LogP contribution in [0.25, 0.3) is 0 Å². The number of hydrogen-bond donors (Lipinski definition) is 1. The average molecular weight is 335 g/mol. The first-order valence-electron chi connectivity index (χ1n) is 4.19. The number of aliphatic hydroxyl groups excluding tert-OH is 1. The third-order valence-electron chi connectivity index (χ3n) is 2.44. The van der Waals surface area contributed by atoms with Gasteiger partial charge in [-0.25, -0.2) is 0 Å². The Labute approximate surface area is 99.6 Å². The fourth-order valence-electron chi connectivity index (χ4n) is 1.42. The molecule has 0 aromatic heterocycles. The zero-order valence-corrected chi connectivity index (χ0v) is 13.7. The first kappa shape index (κ1) is 17.3. The summed E-state index contributed by atoms with van der Waals surface area (Å²) in [6, 6.07) is 0. The third-order valence-corrected chi connectivity index (χ3v) is 16.4. The van der Waals surface area contributed by atoms with Crippen molar-refractivity contribution in [3.8, 4) is 0 Å². The van der Waals surface area contributed by atoms with Crippen LogP contribution in [0.3, 0.4) is 0 Å². The maximum absolute atomic E-state index is 12.4. The molecule has 0 aliphatic heterocycles. The molecule has 0 bridgehead atoms. The molecule has 0 radical (unpaired) electrons. The summed E-state index contributed by atoms with van der Waals surface area (Å²) in [5, 5.41) is 8.84. The molecule has 6 heteroatoms. The Bertz CT molecular complexity index is 367. The minimum absolute atomic E-state index is 0. The summed E-state index contributed by atoms with van der Waals surface area (Å²) < 4.78 is 15.9. The van der Waals surface area contributed by atoms with E-state index in [9.17, 15) is 2.81 Å². The Balaban J connectivity index is 0. The van der Waals surface area contributed by atoms with Gasteiger partial charge in [-0.05, 0) is 0 Å². The van der Waals surface area contributed by atoms with Crippen LogP contribution < -0.4 is 0 Å².